The van der Waals surface area contributed by atoms with Gasteiger partial charge in [0.2, 0.25) is 5.89 Å². The molecule has 0 aliphatic carbocycles. The number of likely N-dealkylation sites (tertiary alicyclic amines) is 1. The van der Waals surface area contributed by atoms with Crippen molar-refractivity contribution in [1.82, 2.24) is 29.8 Å². The molecule has 3 aromatic heterocycles. The fourth-order valence-corrected chi connectivity index (χ4v) is 4.04. The maximum atomic E-state index is 13.7. The third-order valence-electron chi connectivity index (χ3n) is 5.54. The number of aromatic nitrogens is 5. The van der Waals surface area contributed by atoms with E-state index < -0.39 is 0 Å². The number of aryl methyl sites for hydroxylation is 2. The highest BCUT2D eigenvalue weighted by Gasteiger charge is 2.35. The highest BCUT2D eigenvalue weighted by molar-refractivity contribution is 6.07. The van der Waals surface area contributed by atoms with Crippen molar-refractivity contribution in [3.05, 3.63) is 60.0 Å². The molecule has 0 radical (unpaired) electrons. The quantitative estimate of drug-likeness (QED) is 0.516. The van der Waals surface area contributed by atoms with E-state index in [1.807, 2.05) is 53.0 Å². The molecule has 0 bridgehead atoms. The van der Waals surface area contributed by atoms with Crippen molar-refractivity contribution in [1.29, 1.82) is 0 Å². The minimum absolute atomic E-state index is 0.0453. The molecule has 1 aromatic carbocycles. The predicted molar refractivity (Wildman–Crippen MR) is 111 cm³/mol. The molecule has 0 unspecified atom stereocenters. The van der Waals surface area contributed by atoms with Gasteiger partial charge in [-0.3, -0.25) is 9.48 Å². The number of fused-ring (bicyclic) bond motifs is 1. The fourth-order valence-electron chi connectivity index (χ4n) is 4.04. The highest BCUT2D eigenvalue weighted by Crippen LogP contribution is 2.34. The lowest BCUT2D eigenvalue weighted by molar-refractivity contribution is 0.0712. The standard InChI is InChI=1S/C22H22N6O2/c1-3-27-13-15(12-23-27)19-11-17(16-7-4-5-8-18(16)25-19)22(29)28-10-6-9-20(28)21-24-14(2)26-30-21/h4-5,7-8,11-13,20H,3,6,9-10H2,1-2H3/t20-/m1/s1. The Labute approximate surface area is 173 Å². The Balaban J connectivity index is 1.59. The van der Waals surface area contributed by atoms with Gasteiger partial charge in [0.25, 0.3) is 5.91 Å². The minimum atomic E-state index is -0.197. The molecular weight excluding hydrogens is 380 g/mol. The smallest absolute Gasteiger partial charge is 0.255 e. The van der Waals surface area contributed by atoms with Gasteiger partial charge < -0.3 is 9.42 Å². The van der Waals surface area contributed by atoms with Crippen molar-refractivity contribution < 1.29 is 9.32 Å². The van der Waals surface area contributed by atoms with Crippen LogP contribution in [-0.4, -0.2) is 42.3 Å². The summed E-state index contributed by atoms with van der Waals surface area (Å²) in [5, 5.41) is 9.08. The van der Waals surface area contributed by atoms with E-state index in [0.717, 1.165) is 41.5 Å². The first-order chi connectivity index (χ1) is 14.6. The maximum absolute atomic E-state index is 13.7. The zero-order valence-corrected chi connectivity index (χ0v) is 16.9. The summed E-state index contributed by atoms with van der Waals surface area (Å²) in [5.41, 5.74) is 3.04. The van der Waals surface area contributed by atoms with E-state index in [4.69, 9.17) is 9.51 Å². The van der Waals surface area contributed by atoms with Crippen LogP contribution in [0.4, 0.5) is 0 Å². The summed E-state index contributed by atoms with van der Waals surface area (Å²) in [6.45, 7) is 5.25. The van der Waals surface area contributed by atoms with Crippen molar-refractivity contribution >= 4 is 16.8 Å². The third-order valence-corrected chi connectivity index (χ3v) is 5.54. The van der Waals surface area contributed by atoms with Crippen LogP contribution in [0.15, 0.2) is 47.2 Å². The highest BCUT2D eigenvalue weighted by atomic mass is 16.5. The lowest BCUT2D eigenvalue weighted by atomic mass is 10.0. The lowest BCUT2D eigenvalue weighted by Gasteiger charge is -2.23. The summed E-state index contributed by atoms with van der Waals surface area (Å²) in [4.78, 5) is 24.7. The first-order valence-electron chi connectivity index (χ1n) is 10.2. The summed E-state index contributed by atoms with van der Waals surface area (Å²) in [6, 6.07) is 9.41. The van der Waals surface area contributed by atoms with Crippen LogP contribution in [0, 0.1) is 6.92 Å². The van der Waals surface area contributed by atoms with Gasteiger partial charge in [-0.15, -0.1) is 0 Å². The Morgan fingerprint density at radius 2 is 2.13 bits per heavy atom. The fraction of sp³-hybridized carbons (Fsp3) is 0.318. The number of pyridine rings is 1. The molecule has 1 atom stereocenters. The van der Waals surface area contributed by atoms with Gasteiger partial charge in [-0.05, 0) is 38.8 Å². The normalized spacial score (nSPS) is 16.5. The van der Waals surface area contributed by atoms with Crippen LogP contribution in [0.1, 0.15) is 47.9 Å². The van der Waals surface area contributed by atoms with E-state index >= 15 is 0 Å². The molecule has 0 N–H and O–H groups in total. The Morgan fingerprint density at radius 1 is 1.27 bits per heavy atom. The first-order valence-corrected chi connectivity index (χ1v) is 10.2. The monoisotopic (exact) mass is 402 g/mol. The van der Waals surface area contributed by atoms with E-state index in [-0.39, 0.29) is 11.9 Å². The van der Waals surface area contributed by atoms with Gasteiger partial charge >= 0.3 is 0 Å². The van der Waals surface area contributed by atoms with Crippen molar-refractivity contribution in [2.75, 3.05) is 6.54 Å². The lowest BCUT2D eigenvalue weighted by Crippen LogP contribution is -2.31. The summed E-state index contributed by atoms with van der Waals surface area (Å²) < 4.78 is 7.23. The van der Waals surface area contributed by atoms with Gasteiger partial charge in [0, 0.05) is 30.2 Å². The van der Waals surface area contributed by atoms with Crippen LogP contribution in [0.2, 0.25) is 0 Å². The van der Waals surface area contributed by atoms with Gasteiger partial charge in [0.1, 0.15) is 6.04 Å². The molecule has 30 heavy (non-hydrogen) atoms. The van der Waals surface area contributed by atoms with Crippen molar-refractivity contribution in [2.45, 2.75) is 39.3 Å². The molecule has 1 aliphatic rings. The van der Waals surface area contributed by atoms with Crippen molar-refractivity contribution in [2.24, 2.45) is 0 Å². The molecule has 1 amide bonds. The summed E-state index contributed by atoms with van der Waals surface area (Å²) in [7, 11) is 0. The summed E-state index contributed by atoms with van der Waals surface area (Å²) in [6.07, 6.45) is 5.45. The molecule has 0 saturated carbocycles. The molecule has 5 rings (SSSR count). The molecule has 1 saturated heterocycles. The molecule has 8 nitrogen and oxygen atoms in total. The third kappa shape index (κ3) is 3.14. The Bertz CT molecular complexity index is 1230. The average molecular weight is 402 g/mol. The molecule has 152 valence electrons. The Morgan fingerprint density at radius 3 is 2.90 bits per heavy atom. The maximum Gasteiger partial charge on any atom is 0.255 e. The largest absolute Gasteiger partial charge is 0.337 e. The van der Waals surface area contributed by atoms with Crippen LogP contribution in [-0.2, 0) is 6.54 Å². The van der Waals surface area contributed by atoms with Crippen LogP contribution in [0.5, 0.6) is 0 Å². The minimum Gasteiger partial charge on any atom is -0.337 e. The number of hydrogen-bond donors (Lipinski definition) is 0. The van der Waals surface area contributed by atoms with Gasteiger partial charge in [0.15, 0.2) is 5.82 Å². The summed E-state index contributed by atoms with van der Waals surface area (Å²) >= 11 is 0. The van der Waals surface area contributed by atoms with E-state index in [1.54, 1.807) is 13.1 Å². The van der Waals surface area contributed by atoms with Crippen LogP contribution in [0.25, 0.3) is 22.2 Å². The average Bonchev–Trinajstić information content (AvgIpc) is 3.52. The molecule has 1 fully saturated rings. The second kappa shape index (κ2) is 7.37. The SMILES string of the molecule is CCn1cc(-c2cc(C(=O)N3CCC[C@@H]3c3nc(C)no3)c3ccccc3n2)cn1. The molecule has 0 spiro atoms. The predicted octanol–water partition coefficient (Wildman–Crippen LogP) is 3.79. The Kier molecular flexibility index (Phi) is 4.54. The zero-order valence-electron chi connectivity index (χ0n) is 16.9. The van der Waals surface area contributed by atoms with Gasteiger partial charge in [0.05, 0.1) is 23.0 Å². The van der Waals surface area contributed by atoms with Crippen molar-refractivity contribution in [3.63, 3.8) is 0 Å². The van der Waals surface area contributed by atoms with Crippen LogP contribution >= 0.6 is 0 Å². The molecule has 8 heteroatoms. The zero-order chi connectivity index (χ0) is 20.7. The number of carbonyl (C=O) groups is 1. The number of benzene rings is 1. The summed E-state index contributed by atoms with van der Waals surface area (Å²) in [5.74, 6) is 1.03. The first kappa shape index (κ1) is 18.5. The number of para-hydroxylation sites is 1. The van der Waals surface area contributed by atoms with Crippen LogP contribution in [0.3, 0.4) is 0 Å². The van der Waals surface area contributed by atoms with E-state index in [0.29, 0.717) is 23.8 Å². The van der Waals surface area contributed by atoms with E-state index in [9.17, 15) is 4.79 Å². The van der Waals surface area contributed by atoms with Gasteiger partial charge in [-0.1, -0.05) is 23.4 Å². The van der Waals surface area contributed by atoms with E-state index in [2.05, 4.69) is 15.2 Å². The van der Waals surface area contributed by atoms with Crippen LogP contribution < -0.4 is 0 Å². The van der Waals surface area contributed by atoms with Gasteiger partial charge in [-0.2, -0.15) is 10.1 Å². The topological polar surface area (TPSA) is 89.9 Å². The van der Waals surface area contributed by atoms with E-state index in [1.165, 1.54) is 0 Å². The van der Waals surface area contributed by atoms with Crippen molar-refractivity contribution in [3.8, 4) is 11.3 Å². The second-order valence-electron chi connectivity index (χ2n) is 7.49. The number of nitrogens with zero attached hydrogens (tertiary/aromatic N) is 6. The molecule has 1 aliphatic heterocycles. The molecular formula is C22H22N6O2. The number of carbonyl (C=O) groups excluding carboxylic acids is 1. The molecule has 4 aromatic rings. The second-order valence-corrected chi connectivity index (χ2v) is 7.49. The number of amides is 1. The number of hydrogen-bond acceptors (Lipinski definition) is 6. The molecule has 4 heterocycles. The number of rotatable bonds is 4. The van der Waals surface area contributed by atoms with Gasteiger partial charge in [-0.25, -0.2) is 4.98 Å². The Hall–Kier alpha value is -3.55.